The molecular weight excluding hydrogens is 316 g/mol. The maximum atomic E-state index is 13.9. The number of hydrogen-bond donors (Lipinski definition) is 2. The first kappa shape index (κ1) is 18.3. The summed E-state index contributed by atoms with van der Waals surface area (Å²) in [5.41, 5.74) is 0.178. The molecule has 0 unspecified atom stereocenters. The molecule has 1 saturated heterocycles. The Morgan fingerprint density at radius 2 is 2.17 bits per heavy atom. The molecule has 1 aromatic rings. The highest BCUT2D eigenvalue weighted by Crippen LogP contribution is 2.18. The van der Waals surface area contributed by atoms with Crippen molar-refractivity contribution in [3.8, 4) is 0 Å². The topological polar surface area (TPSA) is 61.4 Å². The van der Waals surface area contributed by atoms with Crippen molar-refractivity contribution < 1.29 is 18.4 Å². The lowest BCUT2D eigenvalue weighted by molar-refractivity contribution is -0.134. The van der Waals surface area contributed by atoms with Crippen LogP contribution < -0.4 is 10.6 Å². The van der Waals surface area contributed by atoms with Crippen LogP contribution in [0, 0.1) is 17.6 Å². The molecule has 5 nitrogen and oxygen atoms in total. The predicted molar refractivity (Wildman–Crippen MR) is 86.0 cm³/mol. The third-order valence-corrected chi connectivity index (χ3v) is 3.93. The number of nitrogens with zero attached hydrogens (tertiary/aromatic N) is 1. The van der Waals surface area contributed by atoms with Crippen molar-refractivity contribution in [1.29, 1.82) is 0 Å². The minimum Gasteiger partial charge on any atom is -0.356 e. The summed E-state index contributed by atoms with van der Waals surface area (Å²) in [6.07, 6.45) is -0.00448. The van der Waals surface area contributed by atoms with E-state index in [0.717, 1.165) is 6.07 Å². The fourth-order valence-corrected chi connectivity index (χ4v) is 2.63. The average Bonchev–Trinajstić information content (AvgIpc) is 2.53. The summed E-state index contributed by atoms with van der Waals surface area (Å²) < 4.78 is 27.2. The second kappa shape index (κ2) is 8.19. The van der Waals surface area contributed by atoms with E-state index in [2.05, 4.69) is 10.6 Å². The Bertz CT molecular complexity index is 607. The Labute approximate surface area is 140 Å². The maximum Gasteiger partial charge on any atom is 0.237 e. The van der Waals surface area contributed by atoms with Crippen LogP contribution in [0.15, 0.2) is 18.2 Å². The zero-order chi connectivity index (χ0) is 17.7. The summed E-state index contributed by atoms with van der Waals surface area (Å²) in [6.45, 7) is 5.47. The van der Waals surface area contributed by atoms with Crippen molar-refractivity contribution in [1.82, 2.24) is 15.5 Å². The van der Waals surface area contributed by atoms with Crippen molar-refractivity contribution in [2.45, 2.75) is 32.9 Å². The first-order valence-electron chi connectivity index (χ1n) is 8.09. The van der Waals surface area contributed by atoms with E-state index in [1.54, 1.807) is 4.90 Å². The Kier molecular flexibility index (Phi) is 6.25. The lowest BCUT2D eigenvalue weighted by Gasteiger charge is -2.34. The van der Waals surface area contributed by atoms with Crippen LogP contribution in [-0.4, -0.2) is 42.4 Å². The van der Waals surface area contributed by atoms with E-state index >= 15 is 0 Å². The molecule has 0 bridgehead atoms. The molecule has 0 saturated carbocycles. The Morgan fingerprint density at radius 3 is 2.88 bits per heavy atom. The van der Waals surface area contributed by atoms with E-state index < -0.39 is 17.7 Å². The van der Waals surface area contributed by atoms with Crippen molar-refractivity contribution in [2.24, 2.45) is 5.92 Å². The molecular formula is C17H23F2N3O2. The van der Waals surface area contributed by atoms with E-state index in [4.69, 9.17) is 0 Å². The number of piperazine rings is 1. The van der Waals surface area contributed by atoms with Gasteiger partial charge in [-0.3, -0.25) is 14.5 Å². The number of amides is 2. The van der Waals surface area contributed by atoms with E-state index in [0.29, 0.717) is 25.6 Å². The summed E-state index contributed by atoms with van der Waals surface area (Å²) >= 11 is 0. The summed E-state index contributed by atoms with van der Waals surface area (Å²) in [5, 5.41) is 5.49. The summed E-state index contributed by atoms with van der Waals surface area (Å²) in [6, 6.07) is 3.29. The minimum absolute atomic E-state index is 0.00448. The molecule has 0 spiro atoms. The number of halogens is 2. The number of benzene rings is 1. The molecule has 2 rings (SSSR count). The van der Waals surface area contributed by atoms with Gasteiger partial charge in [-0.05, 0) is 12.0 Å². The van der Waals surface area contributed by atoms with E-state index in [1.807, 2.05) is 13.8 Å². The monoisotopic (exact) mass is 339 g/mol. The third-order valence-electron chi connectivity index (χ3n) is 3.93. The fraction of sp³-hybridized carbons (Fsp3) is 0.529. The van der Waals surface area contributed by atoms with Gasteiger partial charge in [0.05, 0.1) is 12.5 Å². The molecule has 1 atom stereocenters. The standard InChI is InChI=1S/C17H23F2N3O2/c1-11(2)9-21-15(23)8-14-17(24)20-6-7-22(14)10-12-4-3-5-13(18)16(12)19/h3-5,11,14H,6-10H2,1-2H3,(H,20,24)(H,21,23)/t14-/m1/s1. The van der Waals surface area contributed by atoms with Gasteiger partial charge in [0.1, 0.15) is 0 Å². The molecule has 1 aliphatic heterocycles. The molecule has 1 aromatic carbocycles. The SMILES string of the molecule is CC(C)CNC(=O)C[C@@H]1C(=O)NCCN1Cc1cccc(F)c1F. The number of carbonyl (C=O) groups excluding carboxylic acids is 2. The number of hydrogen-bond acceptors (Lipinski definition) is 3. The van der Waals surface area contributed by atoms with Gasteiger partial charge in [-0.15, -0.1) is 0 Å². The first-order chi connectivity index (χ1) is 11.4. The van der Waals surface area contributed by atoms with Crippen LogP contribution in [0.1, 0.15) is 25.8 Å². The first-order valence-corrected chi connectivity index (χ1v) is 8.09. The summed E-state index contributed by atoms with van der Waals surface area (Å²) in [7, 11) is 0. The molecule has 1 heterocycles. The average molecular weight is 339 g/mol. The van der Waals surface area contributed by atoms with Crippen molar-refractivity contribution >= 4 is 11.8 Å². The third kappa shape index (κ3) is 4.74. The van der Waals surface area contributed by atoms with Gasteiger partial charge in [-0.1, -0.05) is 26.0 Å². The molecule has 0 radical (unpaired) electrons. The second-order valence-corrected chi connectivity index (χ2v) is 6.39. The number of nitrogens with one attached hydrogen (secondary N) is 2. The Balaban J connectivity index is 2.07. The summed E-state index contributed by atoms with van der Waals surface area (Å²) in [4.78, 5) is 25.9. The van der Waals surface area contributed by atoms with Gasteiger partial charge in [-0.25, -0.2) is 8.78 Å². The highest BCUT2D eigenvalue weighted by atomic mass is 19.2. The van der Waals surface area contributed by atoms with Crippen LogP contribution >= 0.6 is 0 Å². The van der Waals surface area contributed by atoms with Crippen LogP contribution in [-0.2, 0) is 16.1 Å². The maximum absolute atomic E-state index is 13.9. The van der Waals surface area contributed by atoms with Crippen molar-refractivity contribution in [2.75, 3.05) is 19.6 Å². The summed E-state index contributed by atoms with van der Waals surface area (Å²) in [5.74, 6) is -2.01. The van der Waals surface area contributed by atoms with Crippen LogP contribution in [0.2, 0.25) is 0 Å². The molecule has 2 N–H and O–H groups in total. The van der Waals surface area contributed by atoms with Gasteiger partial charge in [-0.2, -0.15) is 0 Å². The fourth-order valence-electron chi connectivity index (χ4n) is 2.63. The molecule has 0 aromatic heterocycles. The number of rotatable bonds is 6. The van der Waals surface area contributed by atoms with Gasteiger partial charge in [0.2, 0.25) is 11.8 Å². The van der Waals surface area contributed by atoms with E-state index in [-0.39, 0.29) is 30.3 Å². The highest BCUT2D eigenvalue weighted by Gasteiger charge is 2.32. The normalized spacial score (nSPS) is 18.5. The minimum atomic E-state index is -0.916. The van der Waals surface area contributed by atoms with Crippen LogP contribution in [0.4, 0.5) is 8.78 Å². The van der Waals surface area contributed by atoms with E-state index in [9.17, 15) is 18.4 Å². The van der Waals surface area contributed by atoms with Crippen molar-refractivity contribution in [3.63, 3.8) is 0 Å². The van der Waals surface area contributed by atoms with Gasteiger partial charge in [0.15, 0.2) is 11.6 Å². The Hall–Kier alpha value is -2.02. The van der Waals surface area contributed by atoms with Crippen molar-refractivity contribution in [3.05, 3.63) is 35.4 Å². The van der Waals surface area contributed by atoms with Gasteiger partial charge < -0.3 is 10.6 Å². The second-order valence-electron chi connectivity index (χ2n) is 6.39. The quantitative estimate of drug-likeness (QED) is 0.824. The molecule has 7 heteroatoms. The Morgan fingerprint density at radius 1 is 1.42 bits per heavy atom. The van der Waals surface area contributed by atoms with Crippen LogP contribution in [0.25, 0.3) is 0 Å². The lowest BCUT2D eigenvalue weighted by Crippen LogP contribution is -2.56. The largest absolute Gasteiger partial charge is 0.356 e. The lowest BCUT2D eigenvalue weighted by atomic mass is 10.1. The molecule has 24 heavy (non-hydrogen) atoms. The highest BCUT2D eigenvalue weighted by molar-refractivity contribution is 5.88. The number of carbonyl (C=O) groups is 2. The molecule has 1 fully saturated rings. The molecule has 1 aliphatic rings. The van der Waals surface area contributed by atoms with E-state index in [1.165, 1.54) is 12.1 Å². The zero-order valence-electron chi connectivity index (χ0n) is 13.9. The molecule has 2 amide bonds. The van der Waals surface area contributed by atoms with Crippen LogP contribution in [0.5, 0.6) is 0 Å². The zero-order valence-corrected chi connectivity index (χ0v) is 13.9. The van der Waals surface area contributed by atoms with Crippen LogP contribution in [0.3, 0.4) is 0 Å². The molecule has 0 aliphatic carbocycles. The molecule has 132 valence electrons. The smallest absolute Gasteiger partial charge is 0.237 e. The van der Waals surface area contributed by atoms with Gasteiger partial charge in [0, 0.05) is 31.7 Å². The van der Waals surface area contributed by atoms with Gasteiger partial charge >= 0.3 is 0 Å². The van der Waals surface area contributed by atoms with Gasteiger partial charge in [0.25, 0.3) is 0 Å². The predicted octanol–water partition coefficient (Wildman–Crippen LogP) is 1.43.